The van der Waals surface area contributed by atoms with Crippen molar-refractivity contribution in [3.63, 3.8) is 0 Å². The number of aromatic nitrogens is 1. The highest BCUT2D eigenvalue weighted by molar-refractivity contribution is 7.99. The molecule has 0 radical (unpaired) electrons. The van der Waals surface area contributed by atoms with E-state index in [0.29, 0.717) is 10.6 Å². The third kappa shape index (κ3) is 3.04. The highest BCUT2D eigenvalue weighted by atomic mass is 35.5. The second-order valence-electron chi connectivity index (χ2n) is 3.98. The number of halogens is 1. The predicted molar refractivity (Wildman–Crippen MR) is 74.0 cm³/mol. The third-order valence-corrected chi connectivity index (χ3v) is 3.77. The molecular formula is C14H11ClN2S. The van der Waals surface area contributed by atoms with Crippen LogP contribution in [0.2, 0.25) is 5.02 Å². The van der Waals surface area contributed by atoms with Crippen LogP contribution < -0.4 is 0 Å². The standard InChI is InChI=1S/C14H11ClN2S/c1-9-5-10(2)17-14(6-9)18-13-4-3-11(8-16)7-12(13)15/h3-7H,1-2H3. The summed E-state index contributed by atoms with van der Waals surface area (Å²) in [5.41, 5.74) is 2.73. The van der Waals surface area contributed by atoms with Crippen LogP contribution in [-0.4, -0.2) is 4.98 Å². The van der Waals surface area contributed by atoms with Gasteiger partial charge in [0.15, 0.2) is 0 Å². The Morgan fingerprint density at radius 3 is 2.61 bits per heavy atom. The Morgan fingerprint density at radius 2 is 2.00 bits per heavy atom. The van der Waals surface area contributed by atoms with Crippen molar-refractivity contribution in [2.75, 3.05) is 0 Å². The lowest BCUT2D eigenvalue weighted by Gasteiger charge is -2.05. The van der Waals surface area contributed by atoms with Crippen molar-refractivity contribution in [2.45, 2.75) is 23.8 Å². The summed E-state index contributed by atoms with van der Waals surface area (Å²) in [6.07, 6.45) is 0. The average Bonchev–Trinajstić information content (AvgIpc) is 2.30. The van der Waals surface area contributed by atoms with Gasteiger partial charge in [0.2, 0.25) is 0 Å². The summed E-state index contributed by atoms with van der Waals surface area (Å²) >= 11 is 7.65. The van der Waals surface area contributed by atoms with Gasteiger partial charge in [0, 0.05) is 10.6 Å². The smallest absolute Gasteiger partial charge is 0.101 e. The monoisotopic (exact) mass is 274 g/mol. The molecule has 90 valence electrons. The minimum atomic E-state index is 0.567. The van der Waals surface area contributed by atoms with Crippen molar-refractivity contribution in [2.24, 2.45) is 0 Å². The number of aryl methyl sites for hydroxylation is 2. The van der Waals surface area contributed by atoms with E-state index in [1.807, 2.05) is 32.0 Å². The van der Waals surface area contributed by atoms with Crippen molar-refractivity contribution in [1.29, 1.82) is 5.26 Å². The first-order valence-corrected chi connectivity index (χ1v) is 6.61. The molecule has 2 aromatic rings. The summed E-state index contributed by atoms with van der Waals surface area (Å²) in [4.78, 5) is 5.36. The summed E-state index contributed by atoms with van der Waals surface area (Å²) in [5.74, 6) is 0. The normalized spacial score (nSPS) is 10.1. The molecule has 0 N–H and O–H groups in total. The Kier molecular flexibility index (Phi) is 3.90. The van der Waals surface area contributed by atoms with Crippen molar-refractivity contribution in [1.82, 2.24) is 4.98 Å². The zero-order chi connectivity index (χ0) is 13.1. The predicted octanol–water partition coefficient (Wildman–Crippen LogP) is 4.37. The lowest BCUT2D eigenvalue weighted by Crippen LogP contribution is -1.87. The van der Waals surface area contributed by atoms with E-state index in [1.54, 1.807) is 12.1 Å². The van der Waals surface area contributed by atoms with Gasteiger partial charge in [-0.2, -0.15) is 5.26 Å². The third-order valence-electron chi connectivity index (χ3n) is 2.35. The average molecular weight is 275 g/mol. The molecule has 18 heavy (non-hydrogen) atoms. The van der Waals surface area contributed by atoms with Crippen molar-refractivity contribution in [3.05, 3.63) is 52.2 Å². The Bertz CT molecular complexity index is 612. The number of benzene rings is 1. The van der Waals surface area contributed by atoms with Gasteiger partial charge in [-0.1, -0.05) is 23.4 Å². The SMILES string of the molecule is Cc1cc(C)nc(Sc2ccc(C#N)cc2Cl)c1. The molecule has 0 bridgehead atoms. The van der Waals surface area contributed by atoms with Crippen molar-refractivity contribution < 1.29 is 0 Å². The first kappa shape index (κ1) is 12.9. The summed E-state index contributed by atoms with van der Waals surface area (Å²) in [7, 11) is 0. The molecule has 0 aliphatic carbocycles. The van der Waals surface area contributed by atoms with E-state index >= 15 is 0 Å². The molecule has 0 atom stereocenters. The van der Waals surface area contributed by atoms with Crippen LogP contribution in [-0.2, 0) is 0 Å². The van der Waals surface area contributed by atoms with Gasteiger partial charge in [0.1, 0.15) is 5.03 Å². The van der Waals surface area contributed by atoms with E-state index in [9.17, 15) is 0 Å². The van der Waals surface area contributed by atoms with Crippen LogP contribution in [0.15, 0.2) is 40.3 Å². The van der Waals surface area contributed by atoms with E-state index in [2.05, 4.69) is 11.1 Å². The van der Waals surface area contributed by atoms with Crippen LogP contribution in [0.4, 0.5) is 0 Å². The van der Waals surface area contributed by atoms with Gasteiger partial charge in [0.25, 0.3) is 0 Å². The fourth-order valence-corrected chi connectivity index (χ4v) is 2.87. The van der Waals surface area contributed by atoms with Crippen LogP contribution in [0.1, 0.15) is 16.8 Å². The molecule has 0 saturated heterocycles. The quantitative estimate of drug-likeness (QED) is 0.816. The lowest BCUT2D eigenvalue weighted by molar-refractivity contribution is 1.05. The molecule has 0 aliphatic rings. The van der Waals surface area contributed by atoms with Gasteiger partial charge < -0.3 is 0 Å². The molecule has 2 nitrogen and oxygen atoms in total. The van der Waals surface area contributed by atoms with Crippen LogP contribution >= 0.6 is 23.4 Å². The molecule has 1 aromatic heterocycles. The van der Waals surface area contributed by atoms with Gasteiger partial charge >= 0.3 is 0 Å². The zero-order valence-electron chi connectivity index (χ0n) is 10.1. The Labute approximate surface area is 116 Å². The fraction of sp³-hybridized carbons (Fsp3) is 0.143. The van der Waals surface area contributed by atoms with Gasteiger partial charge in [-0.25, -0.2) is 4.98 Å². The number of hydrogen-bond donors (Lipinski definition) is 0. The summed E-state index contributed by atoms with van der Waals surface area (Å²) < 4.78 is 0. The number of hydrogen-bond acceptors (Lipinski definition) is 3. The molecule has 1 heterocycles. The Balaban J connectivity index is 2.31. The maximum Gasteiger partial charge on any atom is 0.101 e. The number of nitriles is 1. The Morgan fingerprint density at radius 1 is 1.22 bits per heavy atom. The second-order valence-corrected chi connectivity index (χ2v) is 5.45. The summed E-state index contributed by atoms with van der Waals surface area (Å²) in [5, 5.41) is 10.3. The highest BCUT2D eigenvalue weighted by Crippen LogP contribution is 2.33. The lowest BCUT2D eigenvalue weighted by atomic mass is 10.2. The first-order valence-electron chi connectivity index (χ1n) is 5.41. The maximum absolute atomic E-state index is 8.79. The second kappa shape index (κ2) is 5.43. The van der Waals surface area contributed by atoms with Crippen LogP contribution in [0.3, 0.4) is 0 Å². The molecule has 0 spiro atoms. The van der Waals surface area contributed by atoms with Crippen molar-refractivity contribution in [3.8, 4) is 6.07 Å². The van der Waals surface area contributed by atoms with E-state index in [1.165, 1.54) is 17.3 Å². The van der Waals surface area contributed by atoms with E-state index in [0.717, 1.165) is 15.6 Å². The van der Waals surface area contributed by atoms with Crippen LogP contribution in [0, 0.1) is 25.2 Å². The zero-order valence-corrected chi connectivity index (χ0v) is 11.6. The summed E-state index contributed by atoms with van der Waals surface area (Å²) in [6.45, 7) is 4.01. The van der Waals surface area contributed by atoms with Gasteiger partial charge in [-0.3, -0.25) is 0 Å². The molecule has 1 aromatic carbocycles. The molecule has 0 aliphatic heterocycles. The fourth-order valence-electron chi connectivity index (χ4n) is 1.62. The largest absolute Gasteiger partial charge is 0.246 e. The molecule has 0 unspecified atom stereocenters. The number of pyridine rings is 1. The Hall–Kier alpha value is -1.50. The van der Waals surface area contributed by atoms with Gasteiger partial charge in [-0.05, 0) is 49.7 Å². The molecule has 2 rings (SSSR count). The van der Waals surface area contributed by atoms with Crippen molar-refractivity contribution >= 4 is 23.4 Å². The van der Waals surface area contributed by atoms with E-state index in [4.69, 9.17) is 16.9 Å². The van der Waals surface area contributed by atoms with Crippen LogP contribution in [0.25, 0.3) is 0 Å². The minimum absolute atomic E-state index is 0.567. The maximum atomic E-state index is 8.79. The number of rotatable bonds is 2. The highest BCUT2D eigenvalue weighted by Gasteiger charge is 2.06. The minimum Gasteiger partial charge on any atom is -0.246 e. The molecule has 0 amide bonds. The number of nitrogens with zero attached hydrogens (tertiary/aromatic N) is 2. The topological polar surface area (TPSA) is 36.7 Å². The van der Waals surface area contributed by atoms with E-state index in [-0.39, 0.29) is 0 Å². The van der Waals surface area contributed by atoms with Gasteiger partial charge in [-0.15, -0.1) is 0 Å². The molecular weight excluding hydrogens is 264 g/mol. The first-order chi connectivity index (χ1) is 8.58. The van der Waals surface area contributed by atoms with E-state index < -0.39 is 0 Å². The van der Waals surface area contributed by atoms with Gasteiger partial charge in [0.05, 0.1) is 16.7 Å². The molecule has 0 fully saturated rings. The van der Waals surface area contributed by atoms with Crippen LogP contribution in [0.5, 0.6) is 0 Å². The summed E-state index contributed by atoms with van der Waals surface area (Å²) in [6, 6.07) is 11.4. The molecule has 4 heteroatoms. The molecule has 0 saturated carbocycles.